The van der Waals surface area contributed by atoms with Crippen LogP contribution in [0, 0.1) is 5.82 Å². The summed E-state index contributed by atoms with van der Waals surface area (Å²) in [6, 6.07) is 4.80. The first-order chi connectivity index (χ1) is 7.79. The molecule has 0 atom stereocenters. The largest absolute Gasteiger partial charge is 0.392 e. The van der Waals surface area contributed by atoms with Crippen LogP contribution in [0.15, 0.2) is 18.2 Å². The van der Waals surface area contributed by atoms with Crippen molar-refractivity contribution in [1.82, 2.24) is 10.2 Å². The second-order valence-electron chi connectivity index (χ2n) is 4.11. The summed E-state index contributed by atoms with van der Waals surface area (Å²) in [5, 5.41) is 12.3. The van der Waals surface area contributed by atoms with E-state index in [0.717, 1.165) is 31.7 Å². The van der Waals surface area contributed by atoms with Gasteiger partial charge in [-0.2, -0.15) is 0 Å². The van der Waals surface area contributed by atoms with Crippen molar-refractivity contribution >= 4 is 0 Å². The molecule has 2 rings (SSSR count). The van der Waals surface area contributed by atoms with Crippen LogP contribution >= 0.6 is 0 Å². The van der Waals surface area contributed by atoms with Crippen LogP contribution in [0.4, 0.5) is 4.39 Å². The first-order valence-electron chi connectivity index (χ1n) is 5.61. The maximum Gasteiger partial charge on any atom is 0.127 e. The highest BCUT2D eigenvalue weighted by atomic mass is 19.1. The fraction of sp³-hybridized carbons (Fsp3) is 0.500. The summed E-state index contributed by atoms with van der Waals surface area (Å²) >= 11 is 0. The molecule has 0 saturated carbocycles. The van der Waals surface area contributed by atoms with E-state index < -0.39 is 0 Å². The van der Waals surface area contributed by atoms with E-state index in [-0.39, 0.29) is 12.4 Å². The highest BCUT2D eigenvalue weighted by Gasteiger charge is 2.12. The molecule has 0 radical (unpaired) electrons. The van der Waals surface area contributed by atoms with Crippen LogP contribution < -0.4 is 5.32 Å². The fourth-order valence-electron chi connectivity index (χ4n) is 1.96. The number of aliphatic hydroxyl groups excluding tert-OH is 1. The van der Waals surface area contributed by atoms with Gasteiger partial charge in [0, 0.05) is 38.3 Å². The van der Waals surface area contributed by atoms with Gasteiger partial charge in [0.1, 0.15) is 5.82 Å². The lowest BCUT2D eigenvalue weighted by atomic mass is 10.1. The van der Waals surface area contributed by atoms with E-state index in [2.05, 4.69) is 10.2 Å². The Morgan fingerprint density at radius 3 is 2.75 bits per heavy atom. The molecule has 0 unspecified atom stereocenters. The van der Waals surface area contributed by atoms with Crippen molar-refractivity contribution in [3.63, 3.8) is 0 Å². The minimum absolute atomic E-state index is 0.0329. The molecule has 1 saturated heterocycles. The van der Waals surface area contributed by atoms with Crippen LogP contribution in [0.25, 0.3) is 0 Å². The molecule has 1 aromatic carbocycles. The number of aliphatic hydroxyl groups is 1. The lowest BCUT2D eigenvalue weighted by Crippen LogP contribution is -2.43. The molecule has 0 aliphatic carbocycles. The van der Waals surface area contributed by atoms with Crippen LogP contribution in [-0.4, -0.2) is 36.2 Å². The number of nitrogens with zero attached hydrogens (tertiary/aromatic N) is 1. The van der Waals surface area contributed by atoms with E-state index in [1.807, 2.05) is 0 Å². The Bertz CT molecular complexity index is 351. The zero-order valence-electron chi connectivity index (χ0n) is 9.25. The van der Waals surface area contributed by atoms with Gasteiger partial charge in [0.2, 0.25) is 0 Å². The average Bonchev–Trinajstić information content (AvgIpc) is 2.33. The Kier molecular flexibility index (Phi) is 3.88. The molecular weight excluding hydrogens is 207 g/mol. The van der Waals surface area contributed by atoms with Gasteiger partial charge in [-0.15, -0.1) is 0 Å². The van der Waals surface area contributed by atoms with Gasteiger partial charge in [0.25, 0.3) is 0 Å². The topological polar surface area (TPSA) is 35.5 Å². The van der Waals surface area contributed by atoms with Crippen molar-refractivity contribution in [2.45, 2.75) is 13.2 Å². The van der Waals surface area contributed by atoms with Gasteiger partial charge in [-0.05, 0) is 17.7 Å². The molecule has 1 aliphatic rings. The van der Waals surface area contributed by atoms with E-state index in [9.17, 15) is 4.39 Å². The summed E-state index contributed by atoms with van der Waals surface area (Å²) in [5.74, 6) is -0.185. The van der Waals surface area contributed by atoms with Crippen LogP contribution in [-0.2, 0) is 13.2 Å². The zero-order chi connectivity index (χ0) is 11.4. The Balaban J connectivity index is 2.06. The minimum Gasteiger partial charge on any atom is -0.392 e. The summed E-state index contributed by atoms with van der Waals surface area (Å²) in [6.07, 6.45) is 0. The van der Waals surface area contributed by atoms with Crippen molar-refractivity contribution < 1.29 is 9.50 Å². The predicted octanol–water partition coefficient (Wildman–Crippen LogP) is 0.723. The highest BCUT2D eigenvalue weighted by Crippen LogP contribution is 2.13. The van der Waals surface area contributed by atoms with E-state index in [1.165, 1.54) is 6.07 Å². The maximum absolute atomic E-state index is 13.5. The molecule has 1 aromatic rings. The summed E-state index contributed by atoms with van der Waals surface area (Å²) < 4.78 is 13.5. The Morgan fingerprint density at radius 1 is 1.31 bits per heavy atom. The van der Waals surface area contributed by atoms with Crippen molar-refractivity contribution in [2.75, 3.05) is 26.2 Å². The number of rotatable bonds is 3. The van der Waals surface area contributed by atoms with Crippen molar-refractivity contribution in [3.8, 4) is 0 Å². The molecule has 2 N–H and O–H groups in total. The first kappa shape index (κ1) is 11.5. The fourth-order valence-corrected chi connectivity index (χ4v) is 1.96. The normalized spacial score (nSPS) is 17.6. The quantitative estimate of drug-likeness (QED) is 0.794. The van der Waals surface area contributed by atoms with Gasteiger partial charge in [0.05, 0.1) is 6.61 Å². The molecule has 3 nitrogen and oxygen atoms in total. The monoisotopic (exact) mass is 224 g/mol. The van der Waals surface area contributed by atoms with Gasteiger partial charge >= 0.3 is 0 Å². The average molecular weight is 224 g/mol. The van der Waals surface area contributed by atoms with E-state index in [4.69, 9.17) is 5.11 Å². The second kappa shape index (κ2) is 5.39. The summed E-state index contributed by atoms with van der Waals surface area (Å²) in [4.78, 5) is 2.22. The molecule has 0 amide bonds. The van der Waals surface area contributed by atoms with Crippen LogP contribution in [0.1, 0.15) is 11.1 Å². The molecule has 1 heterocycles. The SMILES string of the molecule is OCc1ccc(F)c(CN2CCNCC2)c1. The van der Waals surface area contributed by atoms with E-state index in [1.54, 1.807) is 12.1 Å². The predicted molar refractivity (Wildman–Crippen MR) is 60.5 cm³/mol. The third-order valence-electron chi connectivity index (χ3n) is 2.90. The number of benzene rings is 1. The number of piperazine rings is 1. The molecule has 0 bridgehead atoms. The molecule has 4 heteroatoms. The van der Waals surface area contributed by atoms with Gasteiger partial charge in [-0.1, -0.05) is 6.07 Å². The van der Waals surface area contributed by atoms with Crippen molar-refractivity contribution in [1.29, 1.82) is 0 Å². The van der Waals surface area contributed by atoms with Crippen LogP contribution in [0.3, 0.4) is 0 Å². The van der Waals surface area contributed by atoms with Gasteiger partial charge in [-0.3, -0.25) is 4.90 Å². The molecule has 1 aliphatic heterocycles. The number of halogens is 1. The van der Waals surface area contributed by atoms with Crippen LogP contribution in [0.5, 0.6) is 0 Å². The summed E-state index contributed by atoms with van der Waals surface area (Å²) in [7, 11) is 0. The lowest BCUT2D eigenvalue weighted by molar-refractivity contribution is 0.230. The molecule has 1 fully saturated rings. The molecule has 16 heavy (non-hydrogen) atoms. The number of hydrogen-bond donors (Lipinski definition) is 2. The van der Waals surface area contributed by atoms with Gasteiger partial charge in [-0.25, -0.2) is 4.39 Å². The Hall–Kier alpha value is -0.970. The Labute approximate surface area is 94.9 Å². The zero-order valence-corrected chi connectivity index (χ0v) is 9.25. The molecule has 88 valence electrons. The van der Waals surface area contributed by atoms with Crippen LogP contribution in [0.2, 0.25) is 0 Å². The Morgan fingerprint density at radius 2 is 2.06 bits per heavy atom. The lowest BCUT2D eigenvalue weighted by Gasteiger charge is -2.27. The minimum atomic E-state index is -0.185. The maximum atomic E-state index is 13.5. The van der Waals surface area contributed by atoms with Gasteiger partial charge < -0.3 is 10.4 Å². The van der Waals surface area contributed by atoms with Crippen molar-refractivity contribution in [2.24, 2.45) is 0 Å². The molecule has 0 aromatic heterocycles. The van der Waals surface area contributed by atoms with E-state index >= 15 is 0 Å². The number of hydrogen-bond acceptors (Lipinski definition) is 3. The second-order valence-corrected chi connectivity index (χ2v) is 4.11. The smallest absolute Gasteiger partial charge is 0.127 e. The summed E-state index contributed by atoms with van der Waals surface area (Å²) in [6.45, 7) is 4.41. The first-order valence-corrected chi connectivity index (χ1v) is 5.61. The van der Waals surface area contributed by atoms with Crippen molar-refractivity contribution in [3.05, 3.63) is 35.1 Å². The summed E-state index contributed by atoms with van der Waals surface area (Å²) in [5.41, 5.74) is 1.44. The highest BCUT2D eigenvalue weighted by molar-refractivity contribution is 5.24. The third kappa shape index (κ3) is 2.78. The van der Waals surface area contributed by atoms with Gasteiger partial charge in [0.15, 0.2) is 0 Å². The molecule has 0 spiro atoms. The van der Waals surface area contributed by atoms with E-state index in [0.29, 0.717) is 12.1 Å². The third-order valence-corrected chi connectivity index (χ3v) is 2.90. The standard InChI is InChI=1S/C12H17FN2O/c13-12-2-1-10(9-16)7-11(12)8-15-5-3-14-4-6-15/h1-2,7,14,16H,3-6,8-9H2. The molecular formula is C12H17FN2O. The number of nitrogens with one attached hydrogen (secondary N) is 1.